The molecule has 2 aromatic heterocycles. The summed E-state index contributed by atoms with van der Waals surface area (Å²) in [7, 11) is 0. The summed E-state index contributed by atoms with van der Waals surface area (Å²) in [5.74, 6) is -0.707. The Bertz CT molecular complexity index is 1130. The van der Waals surface area contributed by atoms with Crippen LogP contribution in [0, 0.1) is 0 Å². The van der Waals surface area contributed by atoms with Crippen molar-refractivity contribution in [2.24, 2.45) is 0 Å². The second kappa shape index (κ2) is 9.00. The van der Waals surface area contributed by atoms with Crippen LogP contribution >= 0.6 is 0 Å². The number of ketones is 1. The first kappa shape index (κ1) is 19.3. The summed E-state index contributed by atoms with van der Waals surface area (Å²) in [6.07, 6.45) is 6.58. The Morgan fingerprint density at radius 3 is 2.33 bits per heavy atom. The molecule has 0 aliphatic carbocycles. The molecule has 0 bridgehead atoms. The molecule has 7 heteroatoms. The fourth-order valence-corrected chi connectivity index (χ4v) is 3.33. The minimum Gasteiger partial charge on any atom is -0.507 e. The third-order valence-corrected chi connectivity index (χ3v) is 4.81. The number of aliphatic hydroxyl groups excluding tert-OH is 1. The summed E-state index contributed by atoms with van der Waals surface area (Å²) in [4.78, 5) is 12.2. The smallest absolute Gasteiger partial charge is 0.244 e. The molecule has 0 amide bonds. The molecule has 2 N–H and O–H groups in total. The van der Waals surface area contributed by atoms with E-state index in [2.05, 4.69) is 44.9 Å². The number of aromatic amines is 1. The molecule has 0 saturated heterocycles. The maximum atomic E-state index is 12.2. The van der Waals surface area contributed by atoms with Crippen LogP contribution in [0.4, 0.5) is 0 Å². The van der Waals surface area contributed by atoms with Gasteiger partial charge in [-0.2, -0.15) is 5.21 Å². The highest BCUT2D eigenvalue weighted by Crippen LogP contribution is 2.22. The van der Waals surface area contributed by atoms with Crippen LogP contribution in [-0.2, 0) is 19.4 Å². The fraction of sp³-hybridized carbons (Fsp3) is 0.130. The lowest BCUT2D eigenvalue weighted by Crippen LogP contribution is -2.00. The van der Waals surface area contributed by atoms with Crippen molar-refractivity contribution in [1.82, 2.24) is 25.2 Å². The molecule has 30 heavy (non-hydrogen) atoms. The van der Waals surface area contributed by atoms with E-state index in [4.69, 9.17) is 0 Å². The molecular formula is C23H21N5O2. The molecule has 7 nitrogen and oxygen atoms in total. The first-order chi connectivity index (χ1) is 14.7. The van der Waals surface area contributed by atoms with Gasteiger partial charge in [0.2, 0.25) is 11.6 Å². The van der Waals surface area contributed by atoms with E-state index in [0.29, 0.717) is 12.1 Å². The second-order valence-corrected chi connectivity index (χ2v) is 6.97. The van der Waals surface area contributed by atoms with Gasteiger partial charge in [-0.3, -0.25) is 4.79 Å². The average molecular weight is 399 g/mol. The third-order valence-electron chi connectivity index (χ3n) is 4.81. The second-order valence-electron chi connectivity index (χ2n) is 6.97. The Morgan fingerprint density at radius 1 is 0.967 bits per heavy atom. The molecule has 0 radical (unpaired) electrons. The SMILES string of the molecule is O=C(C=C(O)c1cn(Cc2ccccc2)cc1CCc1ccccc1)c1nn[nH]n1. The van der Waals surface area contributed by atoms with Crippen molar-refractivity contribution in [1.29, 1.82) is 0 Å². The van der Waals surface area contributed by atoms with E-state index in [1.807, 2.05) is 53.4 Å². The minimum absolute atomic E-state index is 0.0869. The highest BCUT2D eigenvalue weighted by Gasteiger charge is 2.15. The van der Waals surface area contributed by atoms with Crippen LogP contribution < -0.4 is 0 Å². The Balaban J connectivity index is 1.61. The minimum atomic E-state index is -0.508. The molecule has 4 rings (SSSR count). The van der Waals surface area contributed by atoms with Gasteiger partial charge in [0, 0.05) is 30.6 Å². The van der Waals surface area contributed by atoms with Gasteiger partial charge >= 0.3 is 0 Å². The molecule has 0 atom stereocenters. The van der Waals surface area contributed by atoms with E-state index < -0.39 is 5.78 Å². The number of carbonyl (C=O) groups excluding carboxylic acids is 1. The molecule has 0 aliphatic heterocycles. The van der Waals surface area contributed by atoms with Crippen LogP contribution in [0.5, 0.6) is 0 Å². The highest BCUT2D eigenvalue weighted by molar-refractivity contribution is 6.05. The van der Waals surface area contributed by atoms with Crippen molar-refractivity contribution in [3.8, 4) is 0 Å². The lowest BCUT2D eigenvalue weighted by atomic mass is 10.0. The van der Waals surface area contributed by atoms with Crippen molar-refractivity contribution in [3.05, 3.63) is 107 Å². The summed E-state index contributed by atoms with van der Waals surface area (Å²) in [5.41, 5.74) is 3.95. The molecule has 150 valence electrons. The summed E-state index contributed by atoms with van der Waals surface area (Å²) in [6, 6.07) is 20.3. The molecule has 2 heterocycles. The monoisotopic (exact) mass is 399 g/mol. The lowest BCUT2D eigenvalue weighted by Gasteiger charge is -2.04. The largest absolute Gasteiger partial charge is 0.507 e. The van der Waals surface area contributed by atoms with E-state index in [-0.39, 0.29) is 11.6 Å². The zero-order chi connectivity index (χ0) is 20.8. The molecule has 2 aromatic carbocycles. The van der Waals surface area contributed by atoms with Gasteiger partial charge in [0.05, 0.1) is 0 Å². The number of allylic oxidation sites excluding steroid dienone is 1. The Morgan fingerprint density at radius 2 is 1.67 bits per heavy atom. The number of aryl methyl sites for hydroxylation is 2. The van der Waals surface area contributed by atoms with E-state index >= 15 is 0 Å². The number of tetrazole rings is 1. The number of nitrogens with one attached hydrogen (secondary N) is 1. The normalized spacial score (nSPS) is 11.5. The van der Waals surface area contributed by atoms with Gasteiger partial charge in [0.1, 0.15) is 5.76 Å². The van der Waals surface area contributed by atoms with Gasteiger partial charge in [-0.25, -0.2) is 0 Å². The van der Waals surface area contributed by atoms with Crippen molar-refractivity contribution in [3.63, 3.8) is 0 Å². The Kier molecular flexibility index (Phi) is 5.80. The number of aliphatic hydroxyl groups is 1. The number of benzene rings is 2. The number of H-pyrrole nitrogens is 1. The van der Waals surface area contributed by atoms with Gasteiger partial charge in [-0.05, 0) is 34.7 Å². The average Bonchev–Trinajstić information content (AvgIpc) is 3.44. The van der Waals surface area contributed by atoms with Crippen LogP contribution in [0.2, 0.25) is 0 Å². The molecule has 0 fully saturated rings. The van der Waals surface area contributed by atoms with E-state index in [1.54, 1.807) is 0 Å². The van der Waals surface area contributed by atoms with Gasteiger partial charge < -0.3 is 9.67 Å². The van der Waals surface area contributed by atoms with E-state index in [9.17, 15) is 9.90 Å². The molecule has 0 aliphatic rings. The van der Waals surface area contributed by atoms with Crippen molar-refractivity contribution in [2.45, 2.75) is 19.4 Å². The number of hydrogen-bond donors (Lipinski definition) is 2. The first-order valence-corrected chi connectivity index (χ1v) is 9.64. The van der Waals surface area contributed by atoms with Crippen molar-refractivity contribution < 1.29 is 9.90 Å². The number of carbonyl (C=O) groups is 1. The zero-order valence-electron chi connectivity index (χ0n) is 16.3. The van der Waals surface area contributed by atoms with Crippen LogP contribution in [0.1, 0.15) is 32.9 Å². The number of nitrogens with zero attached hydrogens (tertiary/aromatic N) is 4. The van der Waals surface area contributed by atoms with E-state index in [0.717, 1.165) is 30.0 Å². The third kappa shape index (κ3) is 4.70. The molecule has 0 spiro atoms. The topological polar surface area (TPSA) is 96.7 Å². The summed E-state index contributed by atoms with van der Waals surface area (Å²) in [5, 5.41) is 23.6. The van der Waals surface area contributed by atoms with Gasteiger partial charge in [-0.1, -0.05) is 60.7 Å². The molecular weight excluding hydrogens is 378 g/mol. The van der Waals surface area contributed by atoms with Crippen LogP contribution in [0.15, 0.2) is 79.1 Å². The van der Waals surface area contributed by atoms with Gasteiger partial charge in [-0.15, -0.1) is 10.2 Å². The molecule has 0 saturated carbocycles. The number of aromatic nitrogens is 5. The number of hydrogen-bond acceptors (Lipinski definition) is 5. The Hall–Kier alpha value is -4.00. The molecule has 4 aromatic rings. The summed E-state index contributed by atoms with van der Waals surface area (Å²) in [6.45, 7) is 0.672. The highest BCUT2D eigenvalue weighted by atomic mass is 16.3. The maximum absolute atomic E-state index is 12.2. The lowest BCUT2D eigenvalue weighted by molar-refractivity contribution is 0.103. The standard InChI is InChI=1S/C23H21N5O2/c29-21(13-22(30)23-24-26-27-25-23)20-16-28(14-18-9-5-2-6-10-18)15-19(20)12-11-17-7-3-1-4-8-17/h1-10,13,15-16,29H,11-12,14H2,(H,24,25,26,27). The quantitative estimate of drug-likeness (QED) is 0.268. The molecule has 0 unspecified atom stereocenters. The number of rotatable bonds is 8. The van der Waals surface area contributed by atoms with Gasteiger partial charge in [0.15, 0.2) is 0 Å². The summed E-state index contributed by atoms with van der Waals surface area (Å²) >= 11 is 0. The summed E-state index contributed by atoms with van der Waals surface area (Å²) < 4.78 is 2.02. The van der Waals surface area contributed by atoms with E-state index in [1.165, 1.54) is 5.56 Å². The predicted octanol–water partition coefficient (Wildman–Crippen LogP) is 3.62. The fourth-order valence-electron chi connectivity index (χ4n) is 3.33. The van der Waals surface area contributed by atoms with Crippen LogP contribution in [0.3, 0.4) is 0 Å². The zero-order valence-corrected chi connectivity index (χ0v) is 16.3. The van der Waals surface area contributed by atoms with Crippen molar-refractivity contribution >= 4 is 11.5 Å². The van der Waals surface area contributed by atoms with Crippen molar-refractivity contribution in [2.75, 3.05) is 0 Å². The van der Waals surface area contributed by atoms with Crippen LogP contribution in [-0.4, -0.2) is 36.1 Å². The Labute approximate surface area is 173 Å². The predicted molar refractivity (Wildman–Crippen MR) is 113 cm³/mol. The maximum Gasteiger partial charge on any atom is 0.244 e. The van der Waals surface area contributed by atoms with Gasteiger partial charge in [0.25, 0.3) is 0 Å². The van der Waals surface area contributed by atoms with Crippen LogP contribution in [0.25, 0.3) is 5.76 Å². The first-order valence-electron chi connectivity index (χ1n) is 9.64.